The Morgan fingerprint density at radius 3 is 3.08 bits per heavy atom. The molecule has 0 amide bonds. The number of nitrogens with one attached hydrogen (secondary N) is 1. The summed E-state index contributed by atoms with van der Waals surface area (Å²) in [5.74, 6) is -0.855. The maximum atomic E-state index is 13.3. The van der Waals surface area contributed by atoms with Gasteiger partial charge in [-0.05, 0) is 25.8 Å². The van der Waals surface area contributed by atoms with Crippen LogP contribution in [0.1, 0.15) is 33.3 Å². The molecule has 0 aliphatic carbocycles. The number of aromatic amines is 1. The highest BCUT2D eigenvalue weighted by molar-refractivity contribution is 7.90. The first-order chi connectivity index (χ1) is 16.3. The van der Waals surface area contributed by atoms with Gasteiger partial charge >= 0.3 is 5.16 Å². The van der Waals surface area contributed by atoms with Crippen molar-refractivity contribution >= 4 is 22.2 Å². The molecule has 0 aliphatic rings. The third-order valence-electron chi connectivity index (χ3n) is 3.09. The zero-order chi connectivity index (χ0) is 27.4. The van der Waals surface area contributed by atoms with Crippen LogP contribution in [0.4, 0.5) is 0 Å². The molecule has 1 N–H and O–H groups in total. The lowest BCUT2D eigenvalue weighted by Gasteiger charge is -2.13. The van der Waals surface area contributed by atoms with Crippen LogP contribution in [-0.4, -0.2) is 33.7 Å². The zero-order valence-corrected chi connectivity index (χ0v) is 13.1. The van der Waals surface area contributed by atoms with E-state index < -0.39 is 71.5 Å². The topological polar surface area (TPSA) is 83.1 Å². The van der Waals surface area contributed by atoms with E-state index in [4.69, 9.17) is 25.9 Å². The molecule has 6 nitrogen and oxygen atoms in total. The minimum atomic E-state index is -3.16. The van der Waals surface area contributed by atoms with Crippen molar-refractivity contribution in [3.63, 3.8) is 0 Å². The van der Waals surface area contributed by atoms with Crippen LogP contribution >= 0.6 is 0 Å². The SMILES string of the molecule is [2H]c1nc(C([2H])([2H])[S+]([O-])c2nc3cc(OC([2H])([2H])[2H])ccc3[nH]2)c(C([2H])([2H])[2H])c(OC)c1C([2H])([2H])[2H]. The molecule has 3 rings (SSSR count). The molecule has 0 fully saturated rings. The molecular formula is C17H19N3O3S. The minimum absolute atomic E-state index is 0.0791. The van der Waals surface area contributed by atoms with Crippen molar-refractivity contribution in [2.45, 2.75) is 24.6 Å². The molecule has 1 aromatic carbocycles. The Morgan fingerprint density at radius 1 is 1.42 bits per heavy atom. The molecule has 0 saturated carbocycles. The standard InChI is InChI=1S/C17H19N3O3S/c1-10-8-18-15(11(2)16(10)23-4)9-24(21)17-19-13-6-5-12(22-3)7-14(13)20-17/h5-8H,9H2,1-4H3,(H,19,20)/i1D3,2D3,3D3,8D,9D2. The number of methoxy groups -OCH3 is 2. The summed E-state index contributed by atoms with van der Waals surface area (Å²) in [4.78, 5) is 10.2. The molecule has 1 unspecified atom stereocenters. The minimum Gasteiger partial charge on any atom is -0.609 e. The first-order valence-electron chi connectivity index (χ1n) is 12.5. The van der Waals surface area contributed by atoms with Gasteiger partial charge in [0.1, 0.15) is 11.5 Å². The van der Waals surface area contributed by atoms with E-state index in [1.54, 1.807) is 0 Å². The summed E-state index contributed by atoms with van der Waals surface area (Å²) in [7, 11) is -1.77. The summed E-state index contributed by atoms with van der Waals surface area (Å²) in [6, 6.07) is 3.88. The first-order valence-corrected chi connectivity index (χ1v) is 7.63. The first kappa shape index (κ1) is 7.33. The number of benzene rings is 1. The number of hydrogen-bond acceptors (Lipinski definition) is 5. The zero-order valence-electron chi connectivity index (χ0n) is 24.3. The lowest BCUT2D eigenvalue weighted by molar-refractivity contribution is 0.407. The van der Waals surface area contributed by atoms with Crippen LogP contribution in [0, 0.1) is 13.7 Å². The Bertz CT molecular complexity index is 1290. The van der Waals surface area contributed by atoms with Gasteiger partial charge in [0, 0.05) is 42.8 Å². The number of pyridine rings is 1. The Labute approximate surface area is 160 Å². The second kappa shape index (κ2) is 6.70. The quantitative estimate of drug-likeness (QED) is 0.710. The summed E-state index contributed by atoms with van der Waals surface area (Å²) in [5.41, 5.74) is -5.50. The highest BCUT2D eigenvalue weighted by Gasteiger charge is 2.21. The van der Waals surface area contributed by atoms with E-state index in [-0.39, 0.29) is 16.8 Å². The number of aromatic nitrogens is 3. The van der Waals surface area contributed by atoms with E-state index in [1.807, 2.05) is 0 Å². The number of rotatable bonds is 5. The van der Waals surface area contributed by atoms with Gasteiger partial charge in [-0.25, -0.2) is 0 Å². The van der Waals surface area contributed by atoms with Gasteiger partial charge in [-0.15, -0.1) is 0 Å². The molecule has 1 atom stereocenters. The number of imidazole rings is 1. The monoisotopic (exact) mass is 357 g/mol. The van der Waals surface area contributed by atoms with Gasteiger partial charge in [0.15, 0.2) is 5.70 Å². The Kier molecular flexibility index (Phi) is 2.05. The Balaban J connectivity index is 2.18. The fraction of sp³-hybridized carbons (Fsp3) is 0.294. The van der Waals surface area contributed by atoms with Crippen LogP contribution in [-0.2, 0) is 16.9 Å². The van der Waals surface area contributed by atoms with Crippen LogP contribution in [0.25, 0.3) is 11.0 Å². The second-order valence-electron chi connectivity index (χ2n) is 4.55. The van der Waals surface area contributed by atoms with Crippen molar-refractivity contribution in [2.24, 2.45) is 0 Å². The lowest BCUT2D eigenvalue weighted by Crippen LogP contribution is -2.10. The van der Waals surface area contributed by atoms with Gasteiger partial charge < -0.3 is 14.0 Å². The van der Waals surface area contributed by atoms with Crippen molar-refractivity contribution < 1.29 is 30.5 Å². The van der Waals surface area contributed by atoms with Crippen molar-refractivity contribution in [1.82, 2.24) is 15.0 Å². The van der Waals surface area contributed by atoms with Gasteiger partial charge in [-0.3, -0.25) is 9.97 Å². The predicted molar refractivity (Wildman–Crippen MR) is 93.0 cm³/mol. The summed E-state index contributed by atoms with van der Waals surface area (Å²) >= 11 is -2.77. The molecule has 3 aromatic rings. The van der Waals surface area contributed by atoms with Crippen molar-refractivity contribution in [2.75, 3.05) is 14.1 Å². The Morgan fingerprint density at radius 2 is 2.33 bits per heavy atom. The Hall–Kier alpha value is -2.25. The lowest BCUT2D eigenvalue weighted by atomic mass is 10.1. The van der Waals surface area contributed by atoms with E-state index in [0.29, 0.717) is 0 Å². The molecular weight excluding hydrogens is 326 g/mol. The van der Waals surface area contributed by atoms with E-state index in [2.05, 4.69) is 15.0 Å². The average molecular weight is 357 g/mol. The van der Waals surface area contributed by atoms with Crippen LogP contribution in [0.15, 0.2) is 29.5 Å². The highest BCUT2D eigenvalue weighted by atomic mass is 32.2. The number of fused-ring (bicyclic) bond motifs is 1. The van der Waals surface area contributed by atoms with E-state index in [1.165, 1.54) is 18.2 Å². The highest BCUT2D eigenvalue weighted by Crippen LogP contribution is 2.27. The number of nitrogens with zero attached hydrogens (tertiary/aromatic N) is 2. The van der Waals surface area contributed by atoms with E-state index >= 15 is 0 Å². The van der Waals surface area contributed by atoms with Crippen molar-refractivity contribution in [1.29, 1.82) is 0 Å². The summed E-state index contributed by atoms with van der Waals surface area (Å²) in [6.07, 6.45) is -0.966. The predicted octanol–water partition coefficient (Wildman–Crippen LogP) is 2.90. The fourth-order valence-corrected chi connectivity index (χ4v) is 2.78. The van der Waals surface area contributed by atoms with Gasteiger partial charge in [0.25, 0.3) is 0 Å². The maximum absolute atomic E-state index is 13.3. The number of hydrogen-bond donors (Lipinski definition) is 1. The molecule has 0 saturated heterocycles. The largest absolute Gasteiger partial charge is 0.609 e. The molecule has 7 heteroatoms. The van der Waals surface area contributed by atoms with Gasteiger partial charge in [-0.2, -0.15) is 4.98 Å². The molecule has 2 aromatic heterocycles. The van der Waals surface area contributed by atoms with E-state index in [9.17, 15) is 4.55 Å². The van der Waals surface area contributed by atoms with Crippen LogP contribution < -0.4 is 9.47 Å². The van der Waals surface area contributed by atoms with Crippen molar-refractivity contribution in [3.8, 4) is 11.5 Å². The van der Waals surface area contributed by atoms with Gasteiger partial charge in [0.05, 0.1) is 39.1 Å². The molecule has 24 heavy (non-hydrogen) atoms. The van der Waals surface area contributed by atoms with Gasteiger partial charge in [-0.1, -0.05) is 0 Å². The van der Waals surface area contributed by atoms with Crippen LogP contribution in [0.3, 0.4) is 0 Å². The maximum Gasteiger partial charge on any atom is 0.322 e. The third kappa shape index (κ3) is 3.05. The molecule has 126 valence electrons. The van der Waals surface area contributed by atoms with E-state index in [0.717, 1.165) is 7.11 Å². The summed E-state index contributed by atoms with van der Waals surface area (Å²) in [6.45, 7) is -6.17. The van der Waals surface area contributed by atoms with Gasteiger partial charge in [0.2, 0.25) is 0 Å². The van der Waals surface area contributed by atoms with Crippen LogP contribution in [0.2, 0.25) is 0 Å². The normalized spacial score (nSPS) is 21.9. The van der Waals surface area contributed by atoms with Crippen molar-refractivity contribution in [3.05, 3.63) is 41.2 Å². The smallest absolute Gasteiger partial charge is 0.322 e. The fourth-order valence-electron chi connectivity index (χ4n) is 1.98. The summed E-state index contributed by atoms with van der Waals surface area (Å²) < 4.78 is 116. The number of ether oxygens (including phenoxy) is 2. The molecule has 0 spiro atoms. The molecule has 0 radical (unpaired) electrons. The average Bonchev–Trinajstić information content (AvgIpc) is 3.12. The third-order valence-corrected chi connectivity index (χ3v) is 4.01. The molecule has 0 bridgehead atoms. The van der Waals surface area contributed by atoms with Crippen LogP contribution in [0.5, 0.6) is 11.5 Å². The second-order valence-corrected chi connectivity index (χ2v) is 5.68. The molecule has 2 heterocycles. The number of H-pyrrole nitrogens is 1. The molecule has 0 aliphatic heterocycles. The summed E-state index contributed by atoms with van der Waals surface area (Å²) in [5, 5.41) is -0.454.